The summed E-state index contributed by atoms with van der Waals surface area (Å²) < 4.78 is 5.19. The molecule has 0 saturated carbocycles. The van der Waals surface area contributed by atoms with Crippen LogP contribution in [-0.4, -0.2) is 23.0 Å². The third kappa shape index (κ3) is 4.32. The lowest BCUT2D eigenvalue weighted by atomic mass is 10.2. The maximum absolute atomic E-state index is 12.4. The number of methoxy groups -OCH3 is 1. The van der Waals surface area contributed by atoms with E-state index >= 15 is 0 Å². The Bertz CT molecular complexity index is 896. The van der Waals surface area contributed by atoms with Gasteiger partial charge >= 0.3 is 0 Å². The summed E-state index contributed by atoms with van der Waals surface area (Å²) in [4.78, 5) is 20.6. The van der Waals surface area contributed by atoms with E-state index in [9.17, 15) is 4.79 Å². The Labute approximate surface area is 145 Å². The van der Waals surface area contributed by atoms with Gasteiger partial charge in [-0.15, -0.1) is 0 Å². The molecule has 3 aromatic rings. The molecule has 0 radical (unpaired) electrons. The lowest BCUT2D eigenvalue weighted by Crippen LogP contribution is -2.14. The fraction of sp³-hybridized carbons (Fsp3) is 0.105. The number of aromatic nitrogens is 2. The third-order valence-corrected chi connectivity index (χ3v) is 3.52. The maximum atomic E-state index is 12.4. The van der Waals surface area contributed by atoms with Gasteiger partial charge in [-0.05, 0) is 36.8 Å². The number of rotatable bonds is 5. The topological polar surface area (TPSA) is 76.1 Å². The van der Waals surface area contributed by atoms with E-state index in [1.54, 1.807) is 13.2 Å². The van der Waals surface area contributed by atoms with Gasteiger partial charge in [0, 0.05) is 23.5 Å². The molecule has 3 rings (SSSR count). The number of hydrogen-bond acceptors (Lipinski definition) is 5. The Balaban J connectivity index is 1.75. The number of anilines is 3. The van der Waals surface area contributed by atoms with Crippen molar-refractivity contribution in [1.29, 1.82) is 0 Å². The third-order valence-electron chi connectivity index (χ3n) is 3.52. The quantitative estimate of drug-likeness (QED) is 0.742. The highest BCUT2D eigenvalue weighted by Gasteiger charge is 2.09. The van der Waals surface area contributed by atoms with Crippen molar-refractivity contribution in [2.24, 2.45) is 0 Å². The van der Waals surface area contributed by atoms with Gasteiger partial charge in [0.15, 0.2) is 0 Å². The SMILES string of the molecule is COc1cccc(Nc2cc(C(=O)Nc3cccc(C)c3)ncn2)c1. The molecular weight excluding hydrogens is 316 g/mol. The zero-order chi connectivity index (χ0) is 17.6. The zero-order valence-electron chi connectivity index (χ0n) is 14.0. The van der Waals surface area contributed by atoms with Crippen molar-refractivity contribution in [3.63, 3.8) is 0 Å². The zero-order valence-corrected chi connectivity index (χ0v) is 14.0. The molecule has 2 N–H and O–H groups in total. The number of hydrogen-bond donors (Lipinski definition) is 2. The number of carbonyl (C=O) groups excluding carboxylic acids is 1. The molecule has 126 valence electrons. The number of aryl methyl sites for hydroxylation is 1. The molecule has 0 fully saturated rings. The Morgan fingerprint density at radius 1 is 1.00 bits per heavy atom. The molecule has 0 spiro atoms. The second-order valence-corrected chi connectivity index (χ2v) is 5.47. The van der Waals surface area contributed by atoms with Gasteiger partial charge in [0.05, 0.1) is 7.11 Å². The molecule has 0 unspecified atom stereocenters. The van der Waals surface area contributed by atoms with Crippen LogP contribution in [0.2, 0.25) is 0 Å². The molecule has 1 amide bonds. The van der Waals surface area contributed by atoms with Crippen LogP contribution in [0.1, 0.15) is 16.1 Å². The summed E-state index contributed by atoms with van der Waals surface area (Å²) in [5, 5.41) is 5.97. The Hall–Kier alpha value is -3.41. The first-order chi connectivity index (χ1) is 12.1. The van der Waals surface area contributed by atoms with Crippen molar-refractivity contribution in [2.75, 3.05) is 17.7 Å². The first kappa shape index (κ1) is 16.4. The van der Waals surface area contributed by atoms with E-state index in [4.69, 9.17) is 4.74 Å². The van der Waals surface area contributed by atoms with Gasteiger partial charge in [-0.25, -0.2) is 9.97 Å². The molecule has 6 heteroatoms. The standard InChI is InChI=1S/C19H18N4O2/c1-13-5-3-6-14(9-13)23-19(24)17-11-18(21-12-20-17)22-15-7-4-8-16(10-15)25-2/h3-12H,1-2H3,(H,23,24)(H,20,21,22). The van der Waals surface area contributed by atoms with Gasteiger partial charge in [0.1, 0.15) is 23.6 Å². The number of carbonyl (C=O) groups is 1. The van der Waals surface area contributed by atoms with Crippen LogP contribution in [0.3, 0.4) is 0 Å². The van der Waals surface area contributed by atoms with Crippen molar-refractivity contribution in [2.45, 2.75) is 6.92 Å². The number of nitrogens with one attached hydrogen (secondary N) is 2. The Kier molecular flexibility index (Phi) is 4.89. The van der Waals surface area contributed by atoms with E-state index < -0.39 is 0 Å². The predicted octanol–water partition coefficient (Wildman–Crippen LogP) is 3.79. The molecule has 0 saturated heterocycles. The highest BCUT2D eigenvalue weighted by atomic mass is 16.5. The molecule has 2 aromatic carbocycles. The first-order valence-corrected chi connectivity index (χ1v) is 7.75. The van der Waals surface area contributed by atoms with E-state index in [2.05, 4.69) is 20.6 Å². The summed E-state index contributed by atoms with van der Waals surface area (Å²) in [6.45, 7) is 1.97. The molecule has 25 heavy (non-hydrogen) atoms. The van der Waals surface area contributed by atoms with Crippen LogP contribution in [0.15, 0.2) is 60.9 Å². The molecule has 0 aliphatic carbocycles. The van der Waals surface area contributed by atoms with Gasteiger partial charge in [-0.2, -0.15) is 0 Å². The van der Waals surface area contributed by atoms with Crippen LogP contribution < -0.4 is 15.4 Å². The van der Waals surface area contributed by atoms with E-state index in [0.29, 0.717) is 5.82 Å². The Morgan fingerprint density at radius 3 is 2.60 bits per heavy atom. The molecule has 0 atom stereocenters. The molecule has 6 nitrogen and oxygen atoms in total. The van der Waals surface area contributed by atoms with E-state index in [0.717, 1.165) is 22.7 Å². The normalized spacial score (nSPS) is 10.2. The molecular formula is C19H18N4O2. The fourth-order valence-corrected chi connectivity index (χ4v) is 2.32. The Morgan fingerprint density at radius 2 is 1.80 bits per heavy atom. The second kappa shape index (κ2) is 7.44. The molecule has 1 aromatic heterocycles. The van der Waals surface area contributed by atoms with Crippen LogP contribution in [0, 0.1) is 6.92 Å². The first-order valence-electron chi connectivity index (χ1n) is 7.75. The summed E-state index contributed by atoms with van der Waals surface area (Å²) in [6.07, 6.45) is 1.35. The molecule has 0 aliphatic heterocycles. The minimum Gasteiger partial charge on any atom is -0.497 e. The van der Waals surface area contributed by atoms with Crippen molar-refractivity contribution in [1.82, 2.24) is 9.97 Å². The summed E-state index contributed by atoms with van der Waals surface area (Å²) >= 11 is 0. The number of benzene rings is 2. The summed E-state index contributed by atoms with van der Waals surface area (Å²) in [5.41, 5.74) is 2.89. The van der Waals surface area contributed by atoms with E-state index in [-0.39, 0.29) is 11.6 Å². The summed E-state index contributed by atoms with van der Waals surface area (Å²) in [6, 6.07) is 16.6. The number of amides is 1. The van der Waals surface area contributed by atoms with Crippen LogP contribution in [0.25, 0.3) is 0 Å². The molecule has 0 aliphatic rings. The maximum Gasteiger partial charge on any atom is 0.274 e. The van der Waals surface area contributed by atoms with Gasteiger partial charge in [0.25, 0.3) is 5.91 Å². The van der Waals surface area contributed by atoms with Crippen molar-refractivity contribution in [3.05, 3.63) is 72.2 Å². The lowest BCUT2D eigenvalue weighted by molar-refractivity contribution is 0.102. The van der Waals surface area contributed by atoms with Crippen LogP contribution >= 0.6 is 0 Å². The minimum absolute atomic E-state index is 0.280. The largest absolute Gasteiger partial charge is 0.497 e. The van der Waals surface area contributed by atoms with Crippen LogP contribution in [0.5, 0.6) is 5.75 Å². The van der Waals surface area contributed by atoms with E-state index in [1.807, 2.05) is 55.5 Å². The smallest absolute Gasteiger partial charge is 0.274 e. The van der Waals surface area contributed by atoms with Crippen molar-refractivity contribution >= 4 is 23.1 Å². The highest BCUT2D eigenvalue weighted by molar-refractivity contribution is 6.03. The molecule has 0 bridgehead atoms. The van der Waals surface area contributed by atoms with Crippen molar-refractivity contribution in [3.8, 4) is 5.75 Å². The average Bonchev–Trinajstić information content (AvgIpc) is 2.62. The molecule has 1 heterocycles. The summed E-state index contributed by atoms with van der Waals surface area (Å²) in [7, 11) is 1.61. The van der Waals surface area contributed by atoms with Crippen LogP contribution in [0.4, 0.5) is 17.2 Å². The summed E-state index contributed by atoms with van der Waals surface area (Å²) in [5.74, 6) is 0.968. The highest BCUT2D eigenvalue weighted by Crippen LogP contribution is 2.20. The van der Waals surface area contributed by atoms with E-state index in [1.165, 1.54) is 6.33 Å². The van der Waals surface area contributed by atoms with Crippen molar-refractivity contribution < 1.29 is 9.53 Å². The van der Waals surface area contributed by atoms with Crippen LogP contribution in [-0.2, 0) is 0 Å². The lowest BCUT2D eigenvalue weighted by Gasteiger charge is -2.09. The number of nitrogens with zero attached hydrogens (tertiary/aromatic N) is 2. The monoisotopic (exact) mass is 334 g/mol. The van der Waals surface area contributed by atoms with Gasteiger partial charge in [-0.3, -0.25) is 4.79 Å². The van der Waals surface area contributed by atoms with Gasteiger partial charge in [-0.1, -0.05) is 18.2 Å². The fourth-order valence-electron chi connectivity index (χ4n) is 2.32. The average molecular weight is 334 g/mol. The number of ether oxygens (including phenoxy) is 1. The van der Waals surface area contributed by atoms with Gasteiger partial charge in [0.2, 0.25) is 0 Å². The predicted molar refractivity (Wildman–Crippen MR) is 97.4 cm³/mol. The van der Waals surface area contributed by atoms with Gasteiger partial charge < -0.3 is 15.4 Å². The minimum atomic E-state index is -0.290. The second-order valence-electron chi connectivity index (χ2n) is 5.47.